The largest absolute Gasteiger partial charge is 0.464 e. The molecule has 72 heavy (non-hydrogen) atoms. The number of urea groups is 1. The standard InChI is InChI=1S/C55H77N9O7Si/c1-12-46(65)59(9)25-26-61-27-28-62(33-36(61)5)53(69)60(10)48(35(3)4)50(66)57-44-30-38-17-14-18-39(29-38)40-20-21-45-42(31-40)43(49(63(45)13-2)41-19-15-23-56-47(41)37(6)70-11)32-54(7,8)34-71-52(68)55(72)22-16-24-64(58-55)51(44)67/h12,14-15,17-21,23,29,31,35-37,44,48,58H,1,13,16,22,24-28,30,32-34H2,2-11,72H3,(H,57,66)/t36-,37+,44+,48+,55+/m1/s1. The highest BCUT2D eigenvalue weighted by Crippen LogP contribution is 2.42. The van der Waals surface area contributed by atoms with Gasteiger partial charge in [-0.15, -0.1) is 0 Å². The molecule has 0 saturated carbocycles. The van der Waals surface area contributed by atoms with Crippen molar-refractivity contribution in [3.63, 3.8) is 0 Å². The molecule has 2 N–H and O–H groups in total. The summed E-state index contributed by atoms with van der Waals surface area (Å²) >= 11 is 0. The molecule has 17 heteroatoms. The number of fused-ring (bicyclic) bond motifs is 6. The zero-order valence-electron chi connectivity index (χ0n) is 44.4. The summed E-state index contributed by atoms with van der Waals surface area (Å²) in [6.07, 6.45) is 4.66. The number of likely N-dealkylation sites (N-methyl/N-ethyl adjacent to an activating group) is 2. The third kappa shape index (κ3) is 11.5. The van der Waals surface area contributed by atoms with Gasteiger partial charge < -0.3 is 34.1 Å². The van der Waals surface area contributed by atoms with E-state index in [2.05, 4.69) is 90.9 Å². The van der Waals surface area contributed by atoms with Crippen LogP contribution in [0.1, 0.15) is 84.2 Å². The second-order valence-corrected chi connectivity index (χ2v) is 23.1. The summed E-state index contributed by atoms with van der Waals surface area (Å²) < 4.78 is 14.5. The van der Waals surface area contributed by atoms with Gasteiger partial charge in [0, 0.05) is 118 Å². The number of benzene rings is 2. The number of methoxy groups -OCH3 is 1. The van der Waals surface area contributed by atoms with Gasteiger partial charge in [0.15, 0.2) is 0 Å². The maximum Gasteiger partial charge on any atom is 0.323 e. The monoisotopic (exact) mass is 1000 g/mol. The smallest absolute Gasteiger partial charge is 0.323 e. The number of carbonyl (C=O) groups excluding carboxylic acids is 5. The number of hydrazine groups is 1. The highest BCUT2D eigenvalue weighted by molar-refractivity contribution is 6.27. The number of carbonyl (C=O) groups is 5. The van der Waals surface area contributed by atoms with Gasteiger partial charge in [0.2, 0.25) is 11.8 Å². The maximum absolute atomic E-state index is 15.0. The third-order valence-corrected chi connectivity index (χ3v) is 16.1. The van der Waals surface area contributed by atoms with Crippen LogP contribution in [0.4, 0.5) is 4.79 Å². The van der Waals surface area contributed by atoms with Crippen molar-refractivity contribution in [2.24, 2.45) is 11.3 Å². The molecule has 6 bridgehead atoms. The second kappa shape index (κ2) is 22.5. The van der Waals surface area contributed by atoms with Gasteiger partial charge in [-0.25, -0.2) is 10.2 Å². The van der Waals surface area contributed by atoms with Crippen LogP contribution in [0.5, 0.6) is 0 Å². The van der Waals surface area contributed by atoms with Gasteiger partial charge in [0.25, 0.3) is 5.91 Å². The number of hydrogen-bond donors (Lipinski definition) is 2. The number of amides is 5. The average Bonchev–Trinajstić information content (AvgIpc) is 3.67. The normalized spacial score (nSPS) is 21.7. The summed E-state index contributed by atoms with van der Waals surface area (Å²) in [4.78, 5) is 82.4. The molecular weight excluding hydrogens is 927 g/mol. The van der Waals surface area contributed by atoms with E-state index in [0.717, 1.165) is 50.1 Å². The molecule has 5 heterocycles. The molecule has 5 atom stereocenters. The van der Waals surface area contributed by atoms with Crippen LogP contribution in [0.3, 0.4) is 0 Å². The van der Waals surface area contributed by atoms with E-state index in [0.29, 0.717) is 75.3 Å². The molecule has 388 valence electrons. The lowest BCUT2D eigenvalue weighted by Gasteiger charge is -2.43. The number of rotatable bonds is 12. The molecule has 0 spiro atoms. The molecule has 0 aliphatic carbocycles. The van der Waals surface area contributed by atoms with E-state index in [1.807, 2.05) is 39.0 Å². The number of nitrogens with zero attached hydrogens (tertiary/aromatic N) is 7. The van der Waals surface area contributed by atoms with Gasteiger partial charge in [-0.05, 0) is 98.5 Å². The van der Waals surface area contributed by atoms with E-state index in [4.69, 9.17) is 14.5 Å². The summed E-state index contributed by atoms with van der Waals surface area (Å²) in [6.45, 7) is 21.7. The Balaban J connectivity index is 1.23. The molecule has 2 aromatic heterocycles. The minimum Gasteiger partial charge on any atom is -0.464 e. The van der Waals surface area contributed by atoms with Crippen LogP contribution in [0.2, 0.25) is 0 Å². The quantitative estimate of drug-likeness (QED) is 0.110. The van der Waals surface area contributed by atoms with E-state index < -0.39 is 34.5 Å². The molecule has 2 saturated heterocycles. The first kappa shape index (κ1) is 53.9. The fraction of sp³-hybridized carbons (Fsp3) is 0.527. The van der Waals surface area contributed by atoms with Crippen molar-refractivity contribution in [2.45, 2.75) is 110 Å². The number of esters is 1. The van der Waals surface area contributed by atoms with E-state index in [1.165, 1.54) is 16.0 Å². The number of aromatic nitrogens is 2. The molecule has 16 nitrogen and oxygen atoms in total. The summed E-state index contributed by atoms with van der Waals surface area (Å²) in [5, 5.41) is 4.62. The lowest BCUT2D eigenvalue weighted by Crippen LogP contribution is -2.68. The van der Waals surface area contributed by atoms with Crippen molar-refractivity contribution >= 4 is 50.9 Å². The minimum atomic E-state index is -1.09. The topological polar surface area (TPSA) is 162 Å². The van der Waals surface area contributed by atoms with Gasteiger partial charge >= 0.3 is 12.0 Å². The molecule has 0 radical (unpaired) electrons. The predicted octanol–water partition coefficient (Wildman–Crippen LogP) is 5.17. The molecule has 2 aromatic carbocycles. The van der Waals surface area contributed by atoms with Crippen LogP contribution in [0, 0.1) is 11.3 Å². The van der Waals surface area contributed by atoms with Gasteiger partial charge in [0.05, 0.1) is 24.1 Å². The van der Waals surface area contributed by atoms with Crippen molar-refractivity contribution < 1.29 is 33.4 Å². The van der Waals surface area contributed by atoms with E-state index >= 15 is 0 Å². The third-order valence-electron chi connectivity index (χ3n) is 15.0. The second-order valence-electron chi connectivity index (χ2n) is 21.4. The van der Waals surface area contributed by atoms with E-state index in [9.17, 15) is 24.0 Å². The Morgan fingerprint density at radius 2 is 1.81 bits per heavy atom. The van der Waals surface area contributed by atoms with Gasteiger partial charge in [0.1, 0.15) is 17.2 Å². The summed E-state index contributed by atoms with van der Waals surface area (Å²) in [6, 6.07) is 16.5. The predicted molar refractivity (Wildman–Crippen MR) is 285 cm³/mol. The molecular formula is C55H77N9O7Si. The van der Waals surface area contributed by atoms with Gasteiger partial charge in [-0.3, -0.25) is 34.1 Å². The Hall–Kier alpha value is -5.88. The summed E-state index contributed by atoms with van der Waals surface area (Å²) in [5.41, 5.74) is 10.7. The summed E-state index contributed by atoms with van der Waals surface area (Å²) in [7, 11) is 5.45. The van der Waals surface area contributed by atoms with Crippen molar-refractivity contribution in [1.29, 1.82) is 0 Å². The number of ether oxygens (including phenoxy) is 2. The lowest BCUT2D eigenvalue weighted by molar-refractivity contribution is -0.158. The average molecular weight is 1000 g/mol. The highest BCUT2D eigenvalue weighted by atomic mass is 28.1. The molecule has 2 fully saturated rings. The molecule has 4 aromatic rings. The number of piperazine rings is 1. The van der Waals surface area contributed by atoms with Crippen LogP contribution >= 0.6 is 0 Å². The Kier molecular flexibility index (Phi) is 16.8. The Bertz CT molecular complexity index is 2670. The van der Waals surface area contributed by atoms with Crippen molar-refractivity contribution in [2.75, 3.05) is 67.1 Å². The molecule has 5 amide bonds. The van der Waals surface area contributed by atoms with E-state index in [1.54, 1.807) is 37.2 Å². The molecule has 7 rings (SSSR count). The first-order valence-electron chi connectivity index (χ1n) is 25.6. The minimum absolute atomic E-state index is 0.0219. The highest BCUT2D eigenvalue weighted by Gasteiger charge is 2.44. The lowest BCUT2D eigenvalue weighted by atomic mass is 9.84. The van der Waals surface area contributed by atoms with Crippen LogP contribution in [0.15, 0.2) is 73.4 Å². The Labute approximate surface area is 428 Å². The van der Waals surface area contributed by atoms with Gasteiger partial charge in [-0.2, -0.15) is 0 Å². The number of cyclic esters (lactones) is 1. The van der Waals surface area contributed by atoms with Crippen LogP contribution in [-0.2, 0) is 48.0 Å². The summed E-state index contributed by atoms with van der Waals surface area (Å²) in [5.74, 6) is -1.66. The first-order chi connectivity index (χ1) is 34.2. The molecule has 3 aliphatic heterocycles. The zero-order valence-corrected chi connectivity index (χ0v) is 46.4. The van der Waals surface area contributed by atoms with Crippen molar-refractivity contribution in [3.8, 4) is 22.4 Å². The van der Waals surface area contributed by atoms with E-state index in [-0.39, 0.29) is 48.9 Å². The fourth-order valence-electron chi connectivity index (χ4n) is 10.8. The fourth-order valence-corrected chi connectivity index (χ4v) is 11.6. The van der Waals surface area contributed by atoms with Crippen LogP contribution in [-0.4, -0.2) is 164 Å². The maximum atomic E-state index is 15.0. The number of pyridine rings is 1. The number of aryl methyl sites for hydroxylation is 1. The SMILES string of the molecule is C=CC(=O)N(C)CCN1CCN(C(=O)N(C)[C@H](C(=O)N[C@H]2Cc3cccc(c3)-c3ccc4c(c3)c(c(-c3cccnc3[C@H](C)OC)n4CC)CC(C)(C)COC(=O)[C@@]3([SiH3])CCCN(N3)C2=O)C(C)C)C[C@H]1C. The zero-order chi connectivity index (χ0) is 52.2. The number of nitrogens with one attached hydrogen (secondary N) is 2. The van der Waals surface area contributed by atoms with Crippen LogP contribution < -0.4 is 10.7 Å². The van der Waals surface area contributed by atoms with Crippen molar-refractivity contribution in [3.05, 3.63) is 90.3 Å². The Morgan fingerprint density at radius 1 is 1.06 bits per heavy atom. The van der Waals surface area contributed by atoms with Crippen molar-refractivity contribution in [1.82, 2.24) is 44.9 Å². The number of hydrogen-bond acceptors (Lipinski definition) is 10. The molecule has 0 unspecified atom stereocenters. The Morgan fingerprint density at radius 3 is 2.50 bits per heavy atom. The first-order valence-corrected chi connectivity index (χ1v) is 26.6. The van der Waals surface area contributed by atoms with Crippen LogP contribution in [0.25, 0.3) is 33.3 Å². The van der Waals surface area contributed by atoms with Gasteiger partial charge in [-0.1, -0.05) is 64.6 Å². The molecule has 3 aliphatic rings.